The predicted molar refractivity (Wildman–Crippen MR) is 73.9 cm³/mol. The fourth-order valence-corrected chi connectivity index (χ4v) is 2.96. The maximum atomic E-state index is 12.2. The average Bonchev–Trinajstić information content (AvgIpc) is 2.23. The van der Waals surface area contributed by atoms with Gasteiger partial charge in [0.2, 0.25) is 15.9 Å². The molecule has 19 heavy (non-hydrogen) atoms. The Morgan fingerprint density at radius 1 is 1.26 bits per heavy atom. The van der Waals surface area contributed by atoms with E-state index in [4.69, 9.17) is 11.5 Å². The van der Waals surface area contributed by atoms with E-state index in [1.165, 1.54) is 26.0 Å². The number of nitrogens with one attached hydrogen (secondary N) is 1. The smallest absolute Gasteiger partial charge is 0.241 e. The summed E-state index contributed by atoms with van der Waals surface area (Å²) in [7, 11) is -3.86. The van der Waals surface area contributed by atoms with Gasteiger partial charge in [-0.15, -0.1) is 0 Å². The normalized spacial score (nSPS) is 12.4. The largest absolute Gasteiger partial charge is 0.398 e. The molecule has 0 saturated heterocycles. The standard InChI is InChI=1S/C12H19N3O3S/c1-7-5-9(6-10(13)8(7)2)19(17,18)15-12(3,4)11(14)16/h5-6,15H,13H2,1-4H3,(H2,14,16). The van der Waals surface area contributed by atoms with Crippen molar-refractivity contribution >= 4 is 21.6 Å². The Balaban J connectivity index is 3.26. The highest BCUT2D eigenvalue weighted by Crippen LogP contribution is 2.22. The lowest BCUT2D eigenvalue weighted by Gasteiger charge is -2.22. The van der Waals surface area contributed by atoms with E-state index in [9.17, 15) is 13.2 Å². The van der Waals surface area contributed by atoms with Gasteiger partial charge in [-0.25, -0.2) is 8.42 Å². The van der Waals surface area contributed by atoms with Crippen molar-refractivity contribution in [3.8, 4) is 0 Å². The second-order valence-electron chi connectivity index (χ2n) is 5.05. The molecule has 0 aromatic heterocycles. The van der Waals surface area contributed by atoms with E-state index in [1.54, 1.807) is 6.92 Å². The molecule has 5 N–H and O–H groups in total. The number of nitrogens with two attached hydrogens (primary N) is 2. The van der Waals surface area contributed by atoms with Gasteiger partial charge in [-0.05, 0) is 51.0 Å². The fourth-order valence-electron chi connectivity index (χ4n) is 1.45. The van der Waals surface area contributed by atoms with Crippen LogP contribution in [0.15, 0.2) is 17.0 Å². The Hall–Kier alpha value is -1.60. The molecule has 0 unspecified atom stereocenters. The van der Waals surface area contributed by atoms with E-state index >= 15 is 0 Å². The number of aryl methyl sites for hydroxylation is 1. The lowest BCUT2D eigenvalue weighted by atomic mass is 10.1. The molecule has 1 rings (SSSR count). The molecular weight excluding hydrogens is 266 g/mol. The summed E-state index contributed by atoms with van der Waals surface area (Å²) in [6.07, 6.45) is 0. The van der Waals surface area contributed by atoms with Crippen molar-refractivity contribution in [1.29, 1.82) is 0 Å². The number of rotatable bonds is 4. The van der Waals surface area contributed by atoms with Crippen molar-refractivity contribution in [3.05, 3.63) is 23.3 Å². The van der Waals surface area contributed by atoms with Crippen molar-refractivity contribution in [2.45, 2.75) is 38.1 Å². The van der Waals surface area contributed by atoms with E-state index in [0.29, 0.717) is 5.69 Å². The first-order valence-corrected chi connectivity index (χ1v) is 7.16. The SMILES string of the molecule is Cc1cc(S(=O)(=O)NC(C)(C)C(N)=O)cc(N)c1C. The van der Waals surface area contributed by atoms with Crippen LogP contribution < -0.4 is 16.2 Å². The van der Waals surface area contributed by atoms with Gasteiger partial charge in [0.05, 0.1) is 4.90 Å². The Morgan fingerprint density at radius 3 is 2.21 bits per heavy atom. The third-order valence-electron chi connectivity index (χ3n) is 3.00. The molecule has 0 heterocycles. The quantitative estimate of drug-likeness (QED) is 0.695. The molecule has 0 bridgehead atoms. The molecule has 0 aliphatic heterocycles. The van der Waals surface area contributed by atoms with Crippen molar-refractivity contribution in [2.24, 2.45) is 5.73 Å². The molecule has 0 fully saturated rings. The molecule has 6 nitrogen and oxygen atoms in total. The van der Waals surface area contributed by atoms with Crippen LogP contribution in [0.25, 0.3) is 0 Å². The summed E-state index contributed by atoms with van der Waals surface area (Å²) in [5, 5.41) is 0. The summed E-state index contributed by atoms with van der Waals surface area (Å²) in [5.41, 5.74) is 11.5. The number of carbonyl (C=O) groups is 1. The highest BCUT2D eigenvalue weighted by atomic mass is 32.2. The number of benzene rings is 1. The van der Waals surface area contributed by atoms with Crippen LogP contribution in [-0.4, -0.2) is 19.9 Å². The summed E-state index contributed by atoms with van der Waals surface area (Å²) >= 11 is 0. The summed E-state index contributed by atoms with van der Waals surface area (Å²) in [4.78, 5) is 11.2. The van der Waals surface area contributed by atoms with E-state index < -0.39 is 21.5 Å². The van der Waals surface area contributed by atoms with Gasteiger partial charge in [-0.2, -0.15) is 4.72 Å². The zero-order valence-electron chi connectivity index (χ0n) is 11.4. The minimum atomic E-state index is -3.86. The molecule has 0 aliphatic rings. The molecule has 1 aromatic carbocycles. The number of primary amides is 1. The van der Waals surface area contributed by atoms with Gasteiger partial charge in [0.25, 0.3) is 0 Å². The van der Waals surface area contributed by atoms with Crippen LogP contribution in [0.1, 0.15) is 25.0 Å². The molecule has 0 spiro atoms. The first-order chi connectivity index (χ1) is 8.47. The molecular formula is C12H19N3O3S. The van der Waals surface area contributed by atoms with Crippen LogP contribution in [0.3, 0.4) is 0 Å². The highest BCUT2D eigenvalue weighted by Gasteiger charge is 2.31. The topological polar surface area (TPSA) is 115 Å². The second kappa shape index (κ2) is 4.82. The summed E-state index contributed by atoms with van der Waals surface area (Å²) < 4.78 is 26.7. The van der Waals surface area contributed by atoms with E-state index in [1.807, 2.05) is 6.92 Å². The van der Waals surface area contributed by atoms with Crippen LogP contribution in [0.5, 0.6) is 0 Å². The van der Waals surface area contributed by atoms with E-state index in [0.717, 1.165) is 11.1 Å². The highest BCUT2D eigenvalue weighted by molar-refractivity contribution is 7.89. The number of anilines is 1. The number of nitrogen functional groups attached to an aromatic ring is 1. The molecule has 0 atom stereocenters. The van der Waals surface area contributed by atoms with Crippen LogP contribution >= 0.6 is 0 Å². The van der Waals surface area contributed by atoms with Gasteiger partial charge in [-0.3, -0.25) is 4.79 Å². The van der Waals surface area contributed by atoms with Crippen molar-refractivity contribution in [1.82, 2.24) is 4.72 Å². The van der Waals surface area contributed by atoms with E-state index in [2.05, 4.69) is 4.72 Å². The predicted octanol–water partition coefficient (Wildman–Crippen LogP) is 0.428. The molecule has 0 aliphatic carbocycles. The van der Waals surface area contributed by atoms with Crippen molar-refractivity contribution < 1.29 is 13.2 Å². The van der Waals surface area contributed by atoms with Gasteiger partial charge in [0, 0.05) is 5.69 Å². The van der Waals surface area contributed by atoms with Crippen LogP contribution in [0, 0.1) is 13.8 Å². The number of hydrogen-bond acceptors (Lipinski definition) is 4. The van der Waals surface area contributed by atoms with Crippen molar-refractivity contribution in [3.63, 3.8) is 0 Å². The Morgan fingerprint density at radius 2 is 1.79 bits per heavy atom. The lowest BCUT2D eigenvalue weighted by molar-refractivity contribution is -0.122. The number of sulfonamides is 1. The van der Waals surface area contributed by atoms with Crippen LogP contribution in [0.2, 0.25) is 0 Å². The van der Waals surface area contributed by atoms with Crippen LogP contribution in [0.4, 0.5) is 5.69 Å². The summed E-state index contributed by atoms with van der Waals surface area (Å²) in [6.45, 7) is 6.38. The Kier molecular flexibility index (Phi) is 3.92. The zero-order chi connectivity index (χ0) is 15.0. The molecule has 7 heteroatoms. The lowest BCUT2D eigenvalue weighted by Crippen LogP contribution is -2.52. The van der Waals surface area contributed by atoms with Gasteiger partial charge in [-0.1, -0.05) is 0 Å². The summed E-state index contributed by atoms with van der Waals surface area (Å²) in [6, 6.07) is 2.87. The third kappa shape index (κ3) is 3.24. The third-order valence-corrected chi connectivity index (χ3v) is 4.63. The van der Waals surface area contributed by atoms with Gasteiger partial charge in [0.1, 0.15) is 5.54 Å². The first-order valence-electron chi connectivity index (χ1n) is 5.68. The average molecular weight is 285 g/mol. The minimum absolute atomic E-state index is 0.0161. The van der Waals surface area contributed by atoms with Crippen molar-refractivity contribution in [2.75, 3.05) is 5.73 Å². The fraction of sp³-hybridized carbons (Fsp3) is 0.417. The molecule has 0 saturated carbocycles. The maximum absolute atomic E-state index is 12.2. The molecule has 106 valence electrons. The monoisotopic (exact) mass is 285 g/mol. The maximum Gasteiger partial charge on any atom is 0.241 e. The molecule has 0 radical (unpaired) electrons. The summed E-state index contributed by atoms with van der Waals surface area (Å²) in [5.74, 6) is -0.757. The van der Waals surface area contributed by atoms with Gasteiger partial charge in [0.15, 0.2) is 0 Å². The number of hydrogen-bond donors (Lipinski definition) is 3. The van der Waals surface area contributed by atoms with Crippen LogP contribution in [-0.2, 0) is 14.8 Å². The zero-order valence-corrected chi connectivity index (χ0v) is 12.3. The Bertz CT molecular complexity index is 598. The number of carbonyl (C=O) groups excluding carboxylic acids is 1. The van der Waals surface area contributed by atoms with Gasteiger partial charge < -0.3 is 11.5 Å². The number of amides is 1. The minimum Gasteiger partial charge on any atom is -0.398 e. The first kappa shape index (κ1) is 15.5. The molecule has 1 amide bonds. The van der Waals surface area contributed by atoms with E-state index in [-0.39, 0.29) is 4.90 Å². The molecule has 1 aromatic rings. The second-order valence-corrected chi connectivity index (χ2v) is 6.73. The Labute approximate surface area is 113 Å². The van der Waals surface area contributed by atoms with Gasteiger partial charge >= 0.3 is 0 Å².